The number of nitriles is 1. The number of azo groups is 1. The number of benzene rings is 1. The van der Waals surface area contributed by atoms with Crippen molar-refractivity contribution >= 4 is 27.4 Å². The van der Waals surface area contributed by atoms with E-state index >= 15 is 0 Å². The first-order chi connectivity index (χ1) is 13.6. The van der Waals surface area contributed by atoms with Crippen LogP contribution in [-0.2, 0) is 16.6 Å². The molecule has 1 aromatic carbocycles. The standard InChI is InChI=1S/C16H17N7O5S/c1-9-12(8-17)14(25)23(6-7-24)15(26)13(9)21-20-10-2-4-11(5-3-10)29(27,28)22-16(18)19/h2-5,24-25H,6-7H2,1H3,(H4,18,19,22). The van der Waals surface area contributed by atoms with E-state index in [0.29, 0.717) is 0 Å². The number of aliphatic hydroxyl groups is 1. The summed E-state index contributed by atoms with van der Waals surface area (Å²) in [6.45, 7) is 0.741. The van der Waals surface area contributed by atoms with Gasteiger partial charge in [0.1, 0.15) is 11.6 Å². The molecule has 13 heteroatoms. The molecule has 0 fully saturated rings. The van der Waals surface area contributed by atoms with E-state index in [1.165, 1.54) is 31.2 Å². The quantitative estimate of drug-likeness (QED) is 0.286. The van der Waals surface area contributed by atoms with Gasteiger partial charge in [0.15, 0.2) is 5.69 Å². The highest BCUT2D eigenvalue weighted by molar-refractivity contribution is 7.90. The number of nitrogens with zero attached hydrogens (tertiary/aromatic N) is 5. The van der Waals surface area contributed by atoms with Crippen molar-refractivity contribution in [1.29, 1.82) is 5.26 Å². The molecular formula is C16H17N7O5S. The second-order valence-electron chi connectivity index (χ2n) is 5.65. The van der Waals surface area contributed by atoms with Crippen molar-refractivity contribution in [3.63, 3.8) is 0 Å². The molecule has 0 unspecified atom stereocenters. The Morgan fingerprint density at radius 3 is 2.38 bits per heavy atom. The summed E-state index contributed by atoms with van der Waals surface area (Å²) in [4.78, 5) is 12.3. The molecule has 0 saturated heterocycles. The van der Waals surface area contributed by atoms with Gasteiger partial charge < -0.3 is 21.7 Å². The predicted molar refractivity (Wildman–Crippen MR) is 103 cm³/mol. The van der Waals surface area contributed by atoms with Crippen LogP contribution in [0, 0.1) is 18.3 Å². The molecule has 0 aliphatic rings. The van der Waals surface area contributed by atoms with Crippen LogP contribution >= 0.6 is 0 Å². The molecule has 0 spiro atoms. The van der Waals surface area contributed by atoms with Gasteiger partial charge in [-0.25, -0.2) is 0 Å². The van der Waals surface area contributed by atoms with Crippen molar-refractivity contribution in [3.05, 3.63) is 45.7 Å². The average molecular weight is 419 g/mol. The Labute approximate surface area is 165 Å². The average Bonchev–Trinajstić information content (AvgIpc) is 2.65. The normalized spacial score (nSPS) is 11.3. The highest BCUT2D eigenvalue weighted by Gasteiger charge is 2.19. The molecule has 1 heterocycles. The fourth-order valence-corrected chi connectivity index (χ4v) is 3.21. The van der Waals surface area contributed by atoms with Crippen molar-refractivity contribution in [1.82, 2.24) is 4.57 Å². The van der Waals surface area contributed by atoms with E-state index in [9.17, 15) is 23.6 Å². The zero-order valence-electron chi connectivity index (χ0n) is 15.1. The van der Waals surface area contributed by atoms with Gasteiger partial charge in [0.25, 0.3) is 15.6 Å². The molecule has 152 valence electrons. The molecular weight excluding hydrogens is 402 g/mol. The van der Waals surface area contributed by atoms with Crippen molar-refractivity contribution in [3.8, 4) is 11.9 Å². The number of hydrogen-bond acceptors (Lipinski definition) is 8. The molecule has 0 aliphatic carbocycles. The Bertz CT molecular complexity index is 1190. The number of pyridine rings is 1. The molecule has 0 bridgehead atoms. The van der Waals surface area contributed by atoms with Crippen LogP contribution in [0.25, 0.3) is 0 Å². The van der Waals surface area contributed by atoms with Gasteiger partial charge in [0.2, 0.25) is 11.8 Å². The maximum atomic E-state index is 12.5. The maximum Gasteiger partial charge on any atom is 0.285 e. The summed E-state index contributed by atoms with van der Waals surface area (Å²) >= 11 is 0. The molecule has 0 aliphatic heterocycles. The number of aliphatic hydroxyl groups excluding tert-OH is 1. The third kappa shape index (κ3) is 4.57. The molecule has 6 N–H and O–H groups in total. The van der Waals surface area contributed by atoms with Gasteiger partial charge in [0.05, 0.1) is 23.7 Å². The summed E-state index contributed by atoms with van der Waals surface area (Å²) in [5.74, 6) is -1.18. The Balaban J connectivity index is 2.47. The zero-order chi connectivity index (χ0) is 21.8. The van der Waals surface area contributed by atoms with Crippen LogP contribution in [0.5, 0.6) is 5.88 Å². The highest BCUT2D eigenvalue weighted by Crippen LogP contribution is 2.27. The van der Waals surface area contributed by atoms with Gasteiger partial charge in [-0.1, -0.05) is 0 Å². The van der Waals surface area contributed by atoms with Crippen LogP contribution in [0.15, 0.2) is 48.6 Å². The Kier molecular flexibility index (Phi) is 6.32. The van der Waals surface area contributed by atoms with Crippen LogP contribution in [-0.4, -0.2) is 35.8 Å². The summed E-state index contributed by atoms with van der Waals surface area (Å²) < 4.78 is 27.8. The van der Waals surface area contributed by atoms with Crippen molar-refractivity contribution in [2.75, 3.05) is 6.61 Å². The zero-order valence-corrected chi connectivity index (χ0v) is 16.0. The minimum Gasteiger partial charge on any atom is -0.493 e. The van der Waals surface area contributed by atoms with E-state index in [1.807, 2.05) is 0 Å². The number of hydrogen-bond donors (Lipinski definition) is 4. The van der Waals surface area contributed by atoms with Gasteiger partial charge in [-0.2, -0.15) is 18.8 Å². The fourth-order valence-electron chi connectivity index (χ4n) is 2.35. The van der Waals surface area contributed by atoms with Crippen molar-refractivity contribution < 1.29 is 18.6 Å². The summed E-state index contributed by atoms with van der Waals surface area (Å²) in [6.07, 6.45) is 0. The first-order valence-corrected chi connectivity index (χ1v) is 9.41. The van der Waals surface area contributed by atoms with Gasteiger partial charge in [0, 0.05) is 5.56 Å². The number of sulfonamides is 1. The van der Waals surface area contributed by atoms with Crippen LogP contribution in [0.1, 0.15) is 11.1 Å². The fraction of sp³-hybridized carbons (Fsp3) is 0.188. The van der Waals surface area contributed by atoms with E-state index in [0.717, 1.165) is 4.57 Å². The van der Waals surface area contributed by atoms with Gasteiger partial charge in [-0.05, 0) is 31.2 Å². The Morgan fingerprint density at radius 2 is 1.86 bits per heavy atom. The van der Waals surface area contributed by atoms with Crippen LogP contribution < -0.4 is 17.0 Å². The Hall–Kier alpha value is -3.76. The lowest BCUT2D eigenvalue weighted by Gasteiger charge is -2.11. The third-order valence-corrected chi connectivity index (χ3v) is 5.04. The van der Waals surface area contributed by atoms with Gasteiger partial charge >= 0.3 is 0 Å². The van der Waals surface area contributed by atoms with Crippen LogP contribution in [0.2, 0.25) is 0 Å². The number of aromatic nitrogens is 1. The number of rotatable bonds is 6. The SMILES string of the molecule is Cc1c(C#N)c(O)n(CCO)c(=O)c1N=Nc1ccc(S(=O)(=O)N=C(N)N)cc1. The molecule has 2 aromatic rings. The van der Waals surface area contributed by atoms with E-state index < -0.39 is 34.0 Å². The summed E-state index contributed by atoms with van der Waals surface area (Å²) in [5.41, 5.74) is 9.35. The molecule has 12 nitrogen and oxygen atoms in total. The first kappa shape index (κ1) is 21.5. The lowest BCUT2D eigenvalue weighted by molar-refractivity contribution is 0.263. The molecule has 0 atom stereocenters. The number of nitrogens with two attached hydrogens (primary N) is 2. The molecule has 1 aromatic heterocycles. The van der Waals surface area contributed by atoms with E-state index in [4.69, 9.17) is 16.6 Å². The Morgan fingerprint density at radius 1 is 1.24 bits per heavy atom. The molecule has 0 amide bonds. The van der Waals surface area contributed by atoms with Crippen molar-refractivity contribution in [2.45, 2.75) is 18.4 Å². The minimum atomic E-state index is -4.06. The number of aromatic hydroxyl groups is 1. The molecule has 29 heavy (non-hydrogen) atoms. The topological polar surface area (TPSA) is 210 Å². The van der Waals surface area contributed by atoms with Gasteiger partial charge in [-0.3, -0.25) is 9.36 Å². The second kappa shape index (κ2) is 8.50. The molecule has 0 radical (unpaired) electrons. The monoisotopic (exact) mass is 419 g/mol. The summed E-state index contributed by atoms with van der Waals surface area (Å²) in [6, 6.07) is 6.80. The molecule has 2 rings (SSSR count). The summed E-state index contributed by atoms with van der Waals surface area (Å²) in [7, 11) is -4.06. The summed E-state index contributed by atoms with van der Waals surface area (Å²) in [5, 5.41) is 36.0. The number of guanidine groups is 1. The van der Waals surface area contributed by atoms with E-state index in [1.54, 1.807) is 6.07 Å². The minimum absolute atomic E-state index is 0.111. The maximum absolute atomic E-state index is 12.5. The largest absolute Gasteiger partial charge is 0.493 e. The predicted octanol–water partition coefficient (Wildman–Crippen LogP) is 0.104. The van der Waals surface area contributed by atoms with Gasteiger partial charge in [-0.15, -0.1) is 9.51 Å². The van der Waals surface area contributed by atoms with E-state index in [2.05, 4.69) is 14.6 Å². The van der Waals surface area contributed by atoms with Crippen molar-refractivity contribution in [2.24, 2.45) is 26.1 Å². The lowest BCUT2D eigenvalue weighted by Crippen LogP contribution is -2.24. The second-order valence-corrected chi connectivity index (χ2v) is 7.25. The van der Waals surface area contributed by atoms with Crippen LogP contribution in [0.3, 0.4) is 0 Å². The third-order valence-electron chi connectivity index (χ3n) is 3.72. The smallest absolute Gasteiger partial charge is 0.285 e. The first-order valence-electron chi connectivity index (χ1n) is 7.97. The highest BCUT2D eigenvalue weighted by atomic mass is 32.2. The lowest BCUT2D eigenvalue weighted by atomic mass is 10.1. The molecule has 0 saturated carbocycles. The van der Waals surface area contributed by atoms with E-state index in [-0.39, 0.29) is 33.9 Å². The van der Waals surface area contributed by atoms with Crippen LogP contribution in [0.4, 0.5) is 11.4 Å².